The van der Waals surface area contributed by atoms with Gasteiger partial charge in [-0.25, -0.2) is 14.4 Å². The highest BCUT2D eigenvalue weighted by atomic mass is 16.6. The second kappa shape index (κ2) is 16.7. The molecule has 17 heteroatoms. The van der Waals surface area contributed by atoms with E-state index in [9.17, 15) is 39.3 Å². The lowest BCUT2D eigenvalue weighted by Gasteiger charge is -2.67. The van der Waals surface area contributed by atoms with Crippen molar-refractivity contribution in [3.63, 3.8) is 0 Å². The van der Waals surface area contributed by atoms with Gasteiger partial charge >= 0.3 is 23.9 Å². The third-order valence-electron chi connectivity index (χ3n) is 12.7. The van der Waals surface area contributed by atoms with Crippen LogP contribution in [0.3, 0.4) is 0 Å². The van der Waals surface area contributed by atoms with Crippen LogP contribution in [-0.2, 0) is 52.4 Å². The number of hydrogen-bond donors (Lipinski definition) is 4. The summed E-state index contributed by atoms with van der Waals surface area (Å²) in [6, 6.07) is 9.25. The van der Waals surface area contributed by atoms with Gasteiger partial charge in [-0.3, -0.25) is 14.4 Å². The van der Waals surface area contributed by atoms with Crippen molar-refractivity contribution in [1.82, 2.24) is 5.32 Å². The van der Waals surface area contributed by atoms with E-state index in [2.05, 4.69) is 5.32 Å². The van der Waals surface area contributed by atoms with E-state index < -0.39 is 119 Å². The molecule has 324 valence electrons. The third-order valence-corrected chi connectivity index (χ3v) is 12.7. The smallest absolute Gasteiger partial charge is 0.338 e. The van der Waals surface area contributed by atoms with Crippen molar-refractivity contribution < 1.29 is 76.9 Å². The second-order valence-corrected chi connectivity index (χ2v) is 16.4. The average Bonchev–Trinajstić information content (AvgIpc) is 3.73. The van der Waals surface area contributed by atoms with Crippen molar-refractivity contribution in [2.75, 3.05) is 20.3 Å². The summed E-state index contributed by atoms with van der Waals surface area (Å²) in [4.78, 5) is 82.3. The van der Waals surface area contributed by atoms with Crippen LogP contribution in [0.4, 0.5) is 0 Å². The fourth-order valence-corrected chi connectivity index (χ4v) is 9.71. The lowest BCUT2D eigenvalue weighted by Crippen LogP contribution is -2.82. The summed E-state index contributed by atoms with van der Waals surface area (Å²) in [5, 5.41) is 39.9. The average molecular weight is 838 g/mol. The molecule has 4 aliphatic rings. The quantitative estimate of drug-likeness (QED) is 0.104. The molecule has 2 aromatic rings. The Labute approximate surface area is 346 Å². The number of rotatable bonds is 12. The number of Topliss-reactive ketones (excluding diaryl/α,β-unsaturated/α-hetero) is 1. The van der Waals surface area contributed by atoms with Crippen molar-refractivity contribution in [2.45, 2.75) is 108 Å². The van der Waals surface area contributed by atoms with Gasteiger partial charge in [0.15, 0.2) is 17.5 Å². The fraction of sp³-hybridized carbons (Fsp3) is 0.535. The zero-order valence-electron chi connectivity index (χ0n) is 34.4. The van der Waals surface area contributed by atoms with E-state index in [-0.39, 0.29) is 35.5 Å². The van der Waals surface area contributed by atoms with E-state index in [1.807, 2.05) is 0 Å². The van der Waals surface area contributed by atoms with E-state index in [0.29, 0.717) is 0 Å². The Morgan fingerprint density at radius 1 is 1.03 bits per heavy atom. The van der Waals surface area contributed by atoms with Gasteiger partial charge in [-0.1, -0.05) is 38.1 Å². The first-order valence-electron chi connectivity index (χ1n) is 19.5. The first kappa shape index (κ1) is 44.4. The molecular formula is C43H51NO16. The number of hydrogen-bond acceptors (Lipinski definition) is 16. The maximum absolute atomic E-state index is 15.3. The van der Waals surface area contributed by atoms with Crippen LogP contribution < -0.4 is 5.32 Å². The number of carbonyl (C=O) groups excluding carboxylic acids is 6. The van der Waals surface area contributed by atoms with Crippen molar-refractivity contribution >= 4 is 35.6 Å². The number of nitrogens with one attached hydrogen (secondary N) is 1. The number of methoxy groups -OCH3 is 1. The van der Waals surface area contributed by atoms with E-state index >= 15 is 4.79 Å². The van der Waals surface area contributed by atoms with Crippen LogP contribution in [-0.4, -0.2) is 119 Å². The molecule has 11 atom stereocenters. The lowest BCUT2D eigenvalue weighted by atomic mass is 9.44. The normalized spacial score (nSPS) is 32.8. The third kappa shape index (κ3) is 7.35. The van der Waals surface area contributed by atoms with Gasteiger partial charge in [-0.05, 0) is 62.3 Å². The molecule has 1 aromatic carbocycles. The minimum absolute atomic E-state index is 0.0141. The maximum atomic E-state index is 15.3. The van der Waals surface area contributed by atoms with Crippen molar-refractivity contribution in [1.29, 1.82) is 0 Å². The molecule has 60 heavy (non-hydrogen) atoms. The van der Waals surface area contributed by atoms with Gasteiger partial charge in [0.2, 0.25) is 5.91 Å². The van der Waals surface area contributed by atoms with Crippen molar-refractivity contribution in [2.24, 2.45) is 16.7 Å². The molecule has 0 radical (unpaired) electrons. The summed E-state index contributed by atoms with van der Waals surface area (Å²) < 4.78 is 40.6. The molecule has 2 heterocycles. The topological polar surface area (TPSA) is 244 Å². The molecule has 1 unspecified atom stereocenters. The molecule has 1 aliphatic heterocycles. The molecule has 3 aliphatic carbocycles. The number of amides is 1. The lowest BCUT2D eigenvalue weighted by molar-refractivity contribution is -0.346. The molecule has 0 spiro atoms. The molecule has 1 aromatic heterocycles. The summed E-state index contributed by atoms with van der Waals surface area (Å²) in [5.41, 5.74) is -7.91. The zero-order valence-corrected chi connectivity index (χ0v) is 34.4. The highest BCUT2D eigenvalue weighted by molar-refractivity contribution is 5.94. The number of furan rings is 1. The van der Waals surface area contributed by atoms with E-state index in [4.69, 9.17) is 32.8 Å². The Bertz CT molecular complexity index is 2060. The molecule has 3 fully saturated rings. The Hall–Kier alpha value is -5.20. The highest BCUT2D eigenvalue weighted by Gasteiger charge is 2.78. The number of benzene rings is 1. The Morgan fingerprint density at radius 3 is 2.32 bits per heavy atom. The number of aliphatic hydroxyl groups is 3. The molecule has 1 saturated heterocycles. The number of fused-ring (bicyclic) bond motifs is 5. The Balaban J connectivity index is 1.54. The van der Waals surface area contributed by atoms with Gasteiger partial charge in [0.25, 0.3) is 0 Å². The fourth-order valence-electron chi connectivity index (χ4n) is 9.71. The predicted molar refractivity (Wildman–Crippen MR) is 205 cm³/mol. The first-order chi connectivity index (χ1) is 28.3. The van der Waals surface area contributed by atoms with Crippen LogP contribution in [0, 0.1) is 16.7 Å². The molecule has 2 bridgehead atoms. The van der Waals surface area contributed by atoms with Crippen molar-refractivity contribution in [3.05, 3.63) is 83.3 Å². The van der Waals surface area contributed by atoms with Crippen LogP contribution in [0.2, 0.25) is 0 Å². The Morgan fingerprint density at radius 2 is 1.73 bits per heavy atom. The van der Waals surface area contributed by atoms with Gasteiger partial charge in [-0.15, -0.1) is 0 Å². The van der Waals surface area contributed by atoms with Gasteiger partial charge in [-0.2, -0.15) is 0 Å². The number of aliphatic hydroxyl groups excluding tert-OH is 2. The SMILES string of the molecule is C/C=C\C(=O)N[C@@H](c1ccco1)[C@@H](O)C(=O)O[C@H]1C[C@@]2(O)[C@@H](OC(=O)c3ccccc3)C3[C@](C)(C(=O)[C@H](O)C(=C1C)C2(C)C)[C@@H](OC(=O)COC)C[C@H]1OC[C@@]31OC(C)=O. The number of carbonyl (C=O) groups is 6. The highest BCUT2D eigenvalue weighted by Crippen LogP contribution is 2.64. The van der Waals surface area contributed by atoms with Gasteiger partial charge < -0.3 is 53.5 Å². The summed E-state index contributed by atoms with van der Waals surface area (Å²) in [6.45, 7) is 7.81. The standard InChI is InChI=1S/C43H51NO16/c1-8-13-29(46)44-32(25-16-12-17-55-25)34(49)39(52)57-26-19-43(53)37(59-38(51)24-14-10-9-11-15-24)35-41(6,36(50)33(48)31(22(26)2)40(43,4)5)27(58-30(47)20-54-7)18-28-42(35,21-56-28)60-23(3)45/h8-17,26-28,32-35,37,48-49,53H,18-21H2,1-7H3,(H,44,46)/b13-8-/t26-,27-,28+,32-,33+,34+,35?,37-,41+,42-,43+/m0/s1. The number of ether oxygens (including phenoxy) is 6. The summed E-state index contributed by atoms with van der Waals surface area (Å²) in [6.07, 6.45) is -6.88. The minimum Gasteiger partial charge on any atom is -0.467 e. The predicted octanol–water partition coefficient (Wildman–Crippen LogP) is 2.22. The van der Waals surface area contributed by atoms with Gasteiger partial charge in [0, 0.05) is 32.3 Å². The van der Waals surface area contributed by atoms with E-state index in [0.717, 1.165) is 6.92 Å². The van der Waals surface area contributed by atoms with Crippen LogP contribution in [0.25, 0.3) is 0 Å². The molecule has 6 rings (SSSR count). The van der Waals surface area contributed by atoms with E-state index in [1.54, 1.807) is 25.1 Å². The summed E-state index contributed by atoms with van der Waals surface area (Å²) in [7, 11) is 1.27. The number of allylic oxidation sites excluding steroid dienone is 1. The first-order valence-corrected chi connectivity index (χ1v) is 19.5. The number of esters is 4. The molecular weight excluding hydrogens is 786 g/mol. The van der Waals surface area contributed by atoms with Crippen LogP contribution in [0.5, 0.6) is 0 Å². The van der Waals surface area contributed by atoms with Crippen LogP contribution in [0.15, 0.2) is 76.4 Å². The van der Waals surface area contributed by atoms with Crippen molar-refractivity contribution in [3.8, 4) is 0 Å². The second-order valence-electron chi connectivity index (χ2n) is 16.4. The maximum Gasteiger partial charge on any atom is 0.338 e. The molecule has 1 amide bonds. The minimum atomic E-state index is -2.41. The molecule has 4 N–H and O–H groups in total. The zero-order chi connectivity index (χ0) is 43.9. The van der Waals surface area contributed by atoms with E-state index in [1.165, 1.54) is 77.5 Å². The van der Waals surface area contributed by atoms with Crippen LogP contribution in [0.1, 0.15) is 76.5 Å². The molecule has 2 saturated carbocycles. The van der Waals surface area contributed by atoms with Gasteiger partial charge in [0.1, 0.15) is 54.5 Å². The largest absolute Gasteiger partial charge is 0.467 e. The summed E-state index contributed by atoms with van der Waals surface area (Å²) in [5.74, 6) is -7.10. The molecule has 17 nitrogen and oxygen atoms in total. The Kier molecular flexibility index (Phi) is 12.3. The number of ketones is 1. The van der Waals surface area contributed by atoms with Crippen LogP contribution >= 0.6 is 0 Å². The van der Waals surface area contributed by atoms with Gasteiger partial charge in [0.05, 0.1) is 29.8 Å². The monoisotopic (exact) mass is 837 g/mol. The summed E-state index contributed by atoms with van der Waals surface area (Å²) >= 11 is 0.